The lowest BCUT2D eigenvalue weighted by Crippen LogP contribution is -2.28. The fourth-order valence-corrected chi connectivity index (χ4v) is 8.11. The normalized spacial score (nSPS) is 13.3. The first-order chi connectivity index (χ1) is 23.3. The van der Waals surface area contributed by atoms with Gasteiger partial charge in [0.05, 0.1) is 5.41 Å². The van der Waals surface area contributed by atoms with Gasteiger partial charge in [-0.15, -0.1) is 0 Å². The largest absolute Gasteiger partial charge is 0.455 e. The molecule has 0 aliphatic heterocycles. The van der Waals surface area contributed by atoms with Crippen LogP contribution in [0, 0.1) is 0 Å². The Kier molecular flexibility index (Phi) is 5.53. The Morgan fingerprint density at radius 1 is 0.426 bits per heavy atom. The van der Waals surface area contributed by atoms with E-state index in [1.807, 2.05) is 0 Å². The zero-order valence-corrected chi connectivity index (χ0v) is 25.6. The molecule has 1 heterocycles. The van der Waals surface area contributed by atoms with Crippen molar-refractivity contribution in [1.29, 1.82) is 0 Å². The maximum Gasteiger partial charge on any atom is 0.143 e. The molecule has 0 amide bonds. The lowest BCUT2D eigenvalue weighted by molar-refractivity contribution is 0.673. The maximum atomic E-state index is 6.57. The van der Waals surface area contributed by atoms with Crippen LogP contribution in [0.25, 0.3) is 54.6 Å². The van der Waals surface area contributed by atoms with E-state index in [1.54, 1.807) is 0 Å². The fraction of sp³-hybridized carbons (Fsp3) is 0.0222. The van der Waals surface area contributed by atoms with Crippen LogP contribution in [0.2, 0.25) is 0 Å². The van der Waals surface area contributed by atoms with Crippen molar-refractivity contribution < 1.29 is 4.42 Å². The van der Waals surface area contributed by atoms with Gasteiger partial charge in [-0.2, -0.15) is 0 Å². The number of anilines is 2. The Labute approximate surface area is 272 Å². The molecule has 2 nitrogen and oxygen atoms in total. The van der Waals surface area contributed by atoms with Gasteiger partial charge in [0.25, 0.3) is 0 Å². The summed E-state index contributed by atoms with van der Waals surface area (Å²) in [5.41, 5.74) is 11.2. The van der Waals surface area contributed by atoms with E-state index in [0.29, 0.717) is 0 Å². The third-order valence-electron chi connectivity index (χ3n) is 10.1. The van der Waals surface area contributed by atoms with Crippen molar-refractivity contribution in [3.63, 3.8) is 0 Å². The van der Waals surface area contributed by atoms with Crippen molar-refractivity contribution in [2.24, 2.45) is 0 Å². The van der Waals surface area contributed by atoms with Gasteiger partial charge in [0.1, 0.15) is 11.2 Å². The Morgan fingerprint density at radius 3 is 1.91 bits per heavy atom. The number of nitrogens with one attached hydrogen (secondary N) is 1. The van der Waals surface area contributed by atoms with Crippen molar-refractivity contribution in [3.05, 3.63) is 192 Å². The van der Waals surface area contributed by atoms with E-state index in [0.717, 1.165) is 33.3 Å². The van der Waals surface area contributed by atoms with Crippen molar-refractivity contribution in [1.82, 2.24) is 0 Å². The molecule has 9 aromatic rings. The van der Waals surface area contributed by atoms with Gasteiger partial charge in [-0.05, 0) is 85.9 Å². The van der Waals surface area contributed by atoms with Crippen LogP contribution in [0.1, 0.15) is 22.3 Å². The van der Waals surface area contributed by atoms with Gasteiger partial charge in [0, 0.05) is 27.5 Å². The minimum absolute atomic E-state index is 0.430. The number of rotatable bonds is 4. The number of furan rings is 1. The van der Waals surface area contributed by atoms with E-state index < -0.39 is 5.41 Å². The Hall–Kier alpha value is -6.12. The Bertz CT molecular complexity index is 2620. The quantitative estimate of drug-likeness (QED) is 0.204. The molecule has 10 rings (SSSR count). The molecule has 0 saturated heterocycles. The molecular formula is C45H29NO. The summed E-state index contributed by atoms with van der Waals surface area (Å²) in [6.07, 6.45) is 0. The van der Waals surface area contributed by atoms with E-state index in [4.69, 9.17) is 4.42 Å². The molecule has 0 radical (unpaired) electrons. The molecule has 47 heavy (non-hydrogen) atoms. The monoisotopic (exact) mass is 599 g/mol. The molecule has 0 unspecified atom stereocenters. The van der Waals surface area contributed by atoms with Crippen molar-refractivity contribution in [3.8, 4) is 11.1 Å². The summed E-state index contributed by atoms with van der Waals surface area (Å²) in [6.45, 7) is 0. The highest BCUT2D eigenvalue weighted by atomic mass is 16.3. The first kappa shape index (κ1) is 26.1. The van der Waals surface area contributed by atoms with Crippen molar-refractivity contribution in [2.45, 2.75) is 5.41 Å². The Balaban J connectivity index is 1.12. The molecule has 1 aliphatic rings. The van der Waals surface area contributed by atoms with Gasteiger partial charge in [0.15, 0.2) is 0 Å². The molecule has 0 spiro atoms. The summed E-state index contributed by atoms with van der Waals surface area (Å²) in [7, 11) is 0. The highest BCUT2D eigenvalue weighted by Gasteiger charge is 2.45. The van der Waals surface area contributed by atoms with E-state index >= 15 is 0 Å². The summed E-state index contributed by atoms with van der Waals surface area (Å²) in [5, 5.41) is 10.8. The molecule has 0 bridgehead atoms. The number of hydrogen-bond donors (Lipinski definition) is 1. The first-order valence-corrected chi connectivity index (χ1v) is 16.2. The third-order valence-corrected chi connectivity index (χ3v) is 10.1. The van der Waals surface area contributed by atoms with Crippen LogP contribution in [0.15, 0.2) is 174 Å². The van der Waals surface area contributed by atoms with Crippen LogP contribution in [0.5, 0.6) is 0 Å². The van der Waals surface area contributed by atoms with Gasteiger partial charge in [-0.3, -0.25) is 0 Å². The lowest BCUT2D eigenvalue weighted by atomic mass is 9.67. The molecule has 0 fully saturated rings. The fourth-order valence-electron chi connectivity index (χ4n) is 8.11. The standard InChI is InChI=1S/C45H29NO/c1-2-12-31(13-3-1)45(40-19-8-6-17-36(40)37-18-7-9-20-41(37)45)32-14-10-15-33(27-32)46-34-24-26-42-39(28-34)38-25-23-30-22-21-29-11-4-5-16-35(29)43(30)44(38)47-42/h1-28,46H. The van der Waals surface area contributed by atoms with E-state index in [-0.39, 0.29) is 0 Å². The maximum absolute atomic E-state index is 6.57. The third kappa shape index (κ3) is 3.73. The van der Waals surface area contributed by atoms with Gasteiger partial charge in [-0.25, -0.2) is 0 Å². The number of fused-ring (bicyclic) bond motifs is 10. The topological polar surface area (TPSA) is 25.2 Å². The second-order valence-corrected chi connectivity index (χ2v) is 12.6. The predicted octanol–water partition coefficient (Wildman–Crippen LogP) is 12.0. The van der Waals surface area contributed by atoms with Crippen LogP contribution < -0.4 is 5.32 Å². The molecule has 0 atom stereocenters. The van der Waals surface area contributed by atoms with Crippen LogP contribution in [-0.2, 0) is 5.41 Å². The molecule has 1 aliphatic carbocycles. The van der Waals surface area contributed by atoms with Crippen LogP contribution in [0.4, 0.5) is 11.4 Å². The molecule has 0 saturated carbocycles. The van der Waals surface area contributed by atoms with Gasteiger partial charge in [0.2, 0.25) is 0 Å². The van der Waals surface area contributed by atoms with E-state index in [9.17, 15) is 0 Å². The zero-order valence-electron chi connectivity index (χ0n) is 25.6. The molecular weight excluding hydrogens is 571 g/mol. The summed E-state index contributed by atoms with van der Waals surface area (Å²) >= 11 is 0. The molecule has 220 valence electrons. The number of benzene rings is 8. The first-order valence-electron chi connectivity index (χ1n) is 16.2. The van der Waals surface area contributed by atoms with Gasteiger partial charge >= 0.3 is 0 Å². The molecule has 1 aromatic heterocycles. The smallest absolute Gasteiger partial charge is 0.143 e. The minimum Gasteiger partial charge on any atom is -0.455 e. The molecule has 1 N–H and O–H groups in total. The summed E-state index contributed by atoms with van der Waals surface area (Å²) in [5.74, 6) is 0. The molecule has 8 aromatic carbocycles. The van der Waals surface area contributed by atoms with Crippen molar-refractivity contribution in [2.75, 3.05) is 5.32 Å². The van der Waals surface area contributed by atoms with Crippen LogP contribution in [-0.4, -0.2) is 0 Å². The van der Waals surface area contributed by atoms with Gasteiger partial charge in [-0.1, -0.05) is 133 Å². The minimum atomic E-state index is -0.430. The predicted molar refractivity (Wildman–Crippen MR) is 196 cm³/mol. The second-order valence-electron chi connectivity index (χ2n) is 12.6. The van der Waals surface area contributed by atoms with E-state index in [1.165, 1.54) is 54.9 Å². The summed E-state index contributed by atoms with van der Waals surface area (Å²) in [6, 6.07) is 61.4. The molecule has 2 heteroatoms. The van der Waals surface area contributed by atoms with Crippen LogP contribution in [0.3, 0.4) is 0 Å². The zero-order chi connectivity index (χ0) is 31.0. The van der Waals surface area contributed by atoms with E-state index in [2.05, 4.69) is 175 Å². The average molecular weight is 600 g/mol. The highest BCUT2D eigenvalue weighted by molar-refractivity contribution is 6.23. The SMILES string of the molecule is c1ccc(C2(c3cccc(Nc4ccc5oc6c(ccc7ccc8ccccc8c76)c5c4)c3)c3ccccc3-c3ccccc32)cc1. The lowest BCUT2D eigenvalue weighted by Gasteiger charge is -2.34. The Morgan fingerprint density at radius 2 is 1.09 bits per heavy atom. The van der Waals surface area contributed by atoms with Crippen molar-refractivity contribution >= 4 is 54.9 Å². The summed E-state index contributed by atoms with van der Waals surface area (Å²) in [4.78, 5) is 0. The number of hydrogen-bond acceptors (Lipinski definition) is 2. The van der Waals surface area contributed by atoms with Crippen LogP contribution >= 0.6 is 0 Å². The summed E-state index contributed by atoms with van der Waals surface area (Å²) < 4.78 is 6.57. The second kappa shape index (κ2) is 9.94. The highest BCUT2D eigenvalue weighted by Crippen LogP contribution is 2.56. The average Bonchev–Trinajstić information content (AvgIpc) is 3.66. The van der Waals surface area contributed by atoms with Gasteiger partial charge < -0.3 is 9.73 Å².